The van der Waals surface area contributed by atoms with E-state index in [4.69, 9.17) is 4.74 Å². The van der Waals surface area contributed by atoms with Crippen molar-refractivity contribution in [3.05, 3.63) is 17.8 Å². The van der Waals surface area contributed by atoms with Crippen LogP contribution < -0.4 is 15.6 Å². The molecule has 2 aliphatic heterocycles. The number of nitrogens with one attached hydrogen (secondary N) is 2. The van der Waals surface area contributed by atoms with Crippen molar-refractivity contribution in [3.63, 3.8) is 0 Å². The molecule has 0 radical (unpaired) electrons. The molecule has 8 heteroatoms. The maximum atomic E-state index is 13.2. The lowest BCUT2D eigenvalue weighted by Crippen LogP contribution is -2.64. The highest BCUT2D eigenvalue weighted by molar-refractivity contribution is 5.87. The molecule has 31 heavy (non-hydrogen) atoms. The maximum Gasteiger partial charge on any atom is 0.241 e. The fraction of sp³-hybridized carbons (Fsp3) is 0.739. The molecule has 0 aromatic carbocycles. The van der Waals surface area contributed by atoms with Crippen LogP contribution in [0.2, 0.25) is 0 Å². The highest BCUT2D eigenvalue weighted by Crippen LogP contribution is 2.35. The van der Waals surface area contributed by atoms with E-state index >= 15 is 0 Å². The van der Waals surface area contributed by atoms with Crippen LogP contribution in [0, 0.1) is 17.8 Å². The first-order valence-electron chi connectivity index (χ1n) is 11.6. The summed E-state index contributed by atoms with van der Waals surface area (Å²) >= 11 is 0. The van der Waals surface area contributed by atoms with Crippen LogP contribution in [-0.4, -0.2) is 52.6 Å². The number of hydrogen-bond donors (Lipinski definition) is 2. The quantitative estimate of drug-likeness (QED) is 0.762. The minimum absolute atomic E-state index is 0.0272. The van der Waals surface area contributed by atoms with Gasteiger partial charge in [0, 0.05) is 30.5 Å². The van der Waals surface area contributed by atoms with Gasteiger partial charge in [-0.1, -0.05) is 33.6 Å². The Labute approximate surface area is 184 Å². The van der Waals surface area contributed by atoms with Crippen LogP contribution in [0.1, 0.15) is 65.0 Å². The molecule has 3 fully saturated rings. The standard InChI is InChI=1S/C23H35N5O3/c1-23(2,3)18-8-9-19(25-24-18)31-14-15-10-12-28(13-11-15)22(30)20-16-6-4-5-7-17(16)21(29)27-26-20/h8-9,15-17,20,26H,4-7,10-14H2,1-3H3,(H,27,29). The molecule has 3 heterocycles. The summed E-state index contributed by atoms with van der Waals surface area (Å²) in [6.07, 6.45) is 5.82. The second kappa shape index (κ2) is 9.10. The lowest BCUT2D eigenvalue weighted by Gasteiger charge is -2.43. The number of aromatic nitrogens is 2. The Morgan fingerprint density at radius 3 is 2.55 bits per heavy atom. The van der Waals surface area contributed by atoms with Crippen molar-refractivity contribution in [1.82, 2.24) is 25.9 Å². The zero-order valence-electron chi connectivity index (χ0n) is 18.9. The van der Waals surface area contributed by atoms with Crippen LogP contribution >= 0.6 is 0 Å². The first-order valence-corrected chi connectivity index (χ1v) is 11.6. The molecule has 1 aliphatic carbocycles. The number of hydrogen-bond acceptors (Lipinski definition) is 6. The summed E-state index contributed by atoms with van der Waals surface area (Å²) in [7, 11) is 0. The van der Waals surface area contributed by atoms with E-state index in [-0.39, 0.29) is 35.1 Å². The van der Waals surface area contributed by atoms with E-state index in [0.29, 0.717) is 18.4 Å². The predicted molar refractivity (Wildman–Crippen MR) is 116 cm³/mol. The van der Waals surface area contributed by atoms with Crippen molar-refractivity contribution in [2.24, 2.45) is 17.8 Å². The predicted octanol–water partition coefficient (Wildman–Crippen LogP) is 2.20. The Kier molecular flexibility index (Phi) is 6.46. The van der Waals surface area contributed by atoms with Crippen molar-refractivity contribution >= 4 is 11.8 Å². The number of ether oxygens (including phenoxy) is 1. The van der Waals surface area contributed by atoms with Gasteiger partial charge in [-0.3, -0.25) is 15.0 Å². The summed E-state index contributed by atoms with van der Waals surface area (Å²) < 4.78 is 5.87. The summed E-state index contributed by atoms with van der Waals surface area (Å²) in [5.41, 5.74) is 6.66. The topological polar surface area (TPSA) is 96.5 Å². The van der Waals surface area contributed by atoms with Gasteiger partial charge in [0.15, 0.2) is 0 Å². The zero-order chi connectivity index (χ0) is 22.0. The minimum atomic E-state index is -0.299. The van der Waals surface area contributed by atoms with Crippen LogP contribution in [0.3, 0.4) is 0 Å². The second-order valence-corrected chi connectivity index (χ2v) is 10.3. The SMILES string of the molecule is CC(C)(C)c1ccc(OCC2CCN(C(=O)C3NNC(=O)C4CCCCC43)CC2)nn1. The molecule has 3 atom stereocenters. The van der Waals surface area contributed by atoms with Crippen LogP contribution in [0.25, 0.3) is 0 Å². The molecule has 1 saturated carbocycles. The number of nitrogens with zero attached hydrogens (tertiary/aromatic N) is 3. The Morgan fingerprint density at radius 1 is 1.13 bits per heavy atom. The van der Waals surface area contributed by atoms with Gasteiger partial charge >= 0.3 is 0 Å². The van der Waals surface area contributed by atoms with Crippen LogP contribution in [0.15, 0.2) is 12.1 Å². The van der Waals surface area contributed by atoms with Crippen molar-refractivity contribution in [1.29, 1.82) is 0 Å². The van der Waals surface area contributed by atoms with Gasteiger partial charge in [-0.2, -0.15) is 5.10 Å². The van der Waals surface area contributed by atoms with Gasteiger partial charge in [0.05, 0.1) is 12.3 Å². The highest BCUT2D eigenvalue weighted by atomic mass is 16.5. The van der Waals surface area contributed by atoms with Crippen molar-refractivity contribution in [2.75, 3.05) is 19.7 Å². The lowest BCUT2D eigenvalue weighted by atomic mass is 9.73. The summed E-state index contributed by atoms with van der Waals surface area (Å²) in [5.74, 6) is 1.21. The smallest absolute Gasteiger partial charge is 0.241 e. The third kappa shape index (κ3) is 5.00. The molecule has 2 saturated heterocycles. The van der Waals surface area contributed by atoms with Gasteiger partial charge in [0.2, 0.25) is 17.7 Å². The van der Waals surface area contributed by atoms with E-state index in [1.54, 1.807) is 0 Å². The van der Waals surface area contributed by atoms with Crippen LogP contribution in [0.5, 0.6) is 5.88 Å². The largest absolute Gasteiger partial charge is 0.476 e. The van der Waals surface area contributed by atoms with Gasteiger partial charge in [-0.05, 0) is 43.6 Å². The normalized spacial score (nSPS) is 27.4. The second-order valence-electron chi connectivity index (χ2n) is 10.3. The summed E-state index contributed by atoms with van der Waals surface area (Å²) in [5, 5.41) is 8.47. The minimum Gasteiger partial charge on any atom is -0.476 e. The molecule has 3 aliphatic rings. The molecule has 0 bridgehead atoms. The first-order chi connectivity index (χ1) is 14.8. The molecule has 2 amide bonds. The van der Waals surface area contributed by atoms with E-state index < -0.39 is 0 Å². The average molecular weight is 430 g/mol. The van der Waals surface area contributed by atoms with Crippen molar-refractivity contribution in [3.8, 4) is 5.88 Å². The van der Waals surface area contributed by atoms with Crippen molar-refractivity contribution < 1.29 is 14.3 Å². The number of hydrazine groups is 1. The molecule has 170 valence electrons. The monoisotopic (exact) mass is 429 g/mol. The first kappa shape index (κ1) is 22.0. The summed E-state index contributed by atoms with van der Waals surface area (Å²) in [6.45, 7) is 8.37. The number of amides is 2. The number of carbonyl (C=O) groups excluding carboxylic acids is 2. The molecular formula is C23H35N5O3. The number of rotatable bonds is 4. The van der Waals surface area contributed by atoms with E-state index in [0.717, 1.165) is 57.3 Å². The van der Waals surface area contributed by atoms with Gasteiger partial charge < -0.3 is 9.64 Å². The Morgan fingerprint density at radius 2 is 1.87 bits per heavy atom. The summed E-state index contributed by atoms with van der Waals surface area (Å²) in [6, 6.07) is 3.56. The van der Waals surface area contributed by atoms with Gasteiger partial charge in [0.1, 0.15) is 6.04 Å². The van der Waals surface area contributed by atoms with Gasteiger partial charge in [-0.25, -0.2) is 5.43 Å². The lowest BCUT2D eigenvalue weighted by molar-refractivity contribution is -0.144. The van der Waals surface area contributed by atoms with Crippen LogP contribution in [0.4, 0.5) is 0 Å². The molecule has 8 nitrogen and oxygen atoms in total. The fourth-order valence-electron chi connectivity index (χ4n) is 4.99. The third-order valence-corrected chi connectivity index (χ3v) is 7.00. The van der Waals surface area contributed by atoms with Crippen molar-refractivity contribution in [2.45, 2.75) is 70.8 Å². The number of carbonyl (C=O) groups is 2. The maximum absolute atomic E-state index is 13.2. The molecule has 4 rings (SSSR count). The van der Waals surface area contributed by atoms with Crippen LogP contribution in [-0.2, 0) is 15.0 Å². The van der Waals surface area contributed by atoms with E-state index in [1.165, 1.54) is 0 Å². The Hall–Kier alpha value is -2.22. The number of likely N-dealkylation sites (tertiary alicyclic amines) is 1. The van der Waals surface area contributed by atoms with Gasteiger partial charge in [0.25, 0.3) is 0 Å². The Balaban J connectivity index is 1.26. The molecule has 1 aromatic rings. The number of piperidine rings is 1. The number of fused-ring (bicyclic) bond motifs is 1. The molecule has 3 unspecified atom stereocenters. The summed E-state index contributed by atoms with van der Waals surface area (Å²) in [4.78, 5) is 27.3. The van der Waals surface area contributed by atoms with E-state index in [2.05, 4.69) is 41.8 Å². The van der Waals surface area contributed by atoms with E-state index in [9.17, 15) is 9.59 Å². The third-order valence-electron chi connectivity index (χ3n) is 7.00. The van der Waals surface area contributed by atoms with Gasteiger partial charge in [-0.15, -0.1) is 5.10 Å². The average Bonchev–Trinajstić information content (AvgIpc) is 2.78. The van der Waals surface area contributed by atoms with E-state index in [1.807, 2.05) is 17.0 Å². The Bertz CT molecular complexity index is 783. The molecule has 0 spiro atoms. The molecule has 2 N–H and O–H groups in total. The zero-order valence-corrected chi connectivity index (χ0v) is 18.9. The fourth-order valence-corrected chi connectivity index (χ4v) is 4.99. The highest BCUT2D eigenvalue weighted by Gasteiger charge is 2.44. The molecule has 1 aromatic heterocycles. The molecular weight excluding hydrogens is 394 g/mol.